The predicted octanol–water partition coefficient (Wildman–Crippen LogP) is 6.27. The van der Waals surface area contributed by atoms with Crippen LogP contribution in [-0.2, 0) is 25.4 Å². The Morgan fingerprint density at radius 2 is 1.92 bits per heavy atom. The summed E-state index contributed by atoms with van der Waals surface area (Å²) in [4.78, 5) is 31.1. The Morgan fingerprint density at radius 3 is 2.43 bits per heavy atom. The van der Waals surface area contributed by atoms with Crippen molar-refractivity contribution in [3.8, 4) is 0 Å². The lowest BCUT2D eigenvalue weighted by Crippen LogP contribution is -2.59. The van der Waals surface area contributed by atoms with Crippen molar-refractivity contribution in [1.29, 1.82) is 0 Å². The molecule has 7 nitrogen and oxygen atoms in total. The minimum atomic E-state index is -1.43. The minimum Gasteiger partial charge on any atom is -0.444 e. The number of hydrogen-bond acceptors (Lipinski definition) is 6. The van der Waals surface area contributed by atoms with Crippen molar-refractivity contribution in [3.63, 3.8) is 0 Å². The number of allylic oxidation sites excluding steroid dienone is 2. The van der Waals surface area contributed by atoms with Crippen LogP contribution in [0.2, 0.25) is 0 Å². The second-order valence-corrected chi connectivity index (χ2v) is 13.2. The predicted molar refractivity (Wildman–Crippen MR) is 143 cm³/mol. The van der Waals surface area contributed by atoms with Gasteiger partial charge >= 0.3 is 12.1 Å². The molecule has 2 fully saturated rings. The fourth-order valence-corrected chi connectivity index (χ4v) is 5.64. The molecule has 1 saturated carbocycles. The molecule has 204 valence electrons. The van der Waals surface area contributed by atoms with Crippen molar-refractivity contribution in [2.45, 2.75) is 123 Å². The summed E-state index contributed by atoms with van der Waals surface area (Å²) in [6.45, 7) is 15.1. The number of carbonyl (C=O) groups excluding carboxylic acids is 2. The second-order valence-electron chi connectivity index (χ2n) is 13.2. The SMILES string of the molecule is Cc1cnc(C[C@]2([C@H](CC(C)C)NC(=O)OC(C)(C)C)OC(C)(C)OC2=O)cc1C1=CCC2(CC1)CC2. The fourth-order valence-electron chi connectivity index (χ4n) is 5.64. The van der Waals surface area contributed by atoms with Gasteiger partial charge in [-0.25, -0.2) is 9.59 Å². The maximum absolute atomic E-state index is 13.6. The number of alkyl carbamates (subject to hydrolysis) is 1. The monoisotopic (exact) mass is 512 g/mol. The van der Waals surface area contributed by atoms with E-state index in [4.69, 9.17) is 19.2 Å². The van der Waals surface area contributed by atoms with E-state index in [1.54, 1.807) is 13.8 Å². The van der Waals surface area contributed by atoms with E-state index in [-0.39, 0.29) is 12.3 Å². The highest BCUT2D eigenvalue weighted by molar-refractivity contribution is 5.84. The van der Waals surface area contributed by atoms with Crippen molar-refractivity contribution in [2.24, 2.45) is 11.3 Å². The van der Waals surface area contributed by atoms with Crippen LogP contribution in [0.4, 0.5) is 4.79 Å². The molecule has 2 aliphatic carbocycles. The van der Waals surface area contributed by atoms with Gasteiger partial charge in [0, 0.05) is 32.2 Å². The number of nitrogens with zero attached hydrogens (tertiary/aromatic N) is 1. The number of cyclic esters (lactones) is 1. The number of ether oxygens (including phenoxy) is 3. The molecule has 1 aliphatic heterocycles. The minimum absolute atomic E-state index is 0.181. The molecule has 0 aromatic carbocycles. The molecule has 7 heteroatoms. The molecular weight excluding hydrogens is 468 g/mol. The van der Waals surface area contributed by atoms with Gasteiger partial charge in [0.15, 0.2) is 5.60 Å². The number of esters is 1. The van der Waals surface area contributed by atoms with E-state index in [2.05, 4.69) is 24.4 Å². The first-order chi connectivity index (χ1) is 17.1. The quantitative estimate of drug-likeness (QED) is 0.434. The number of aryl methyl sites for hydroxylation is 1. The van der Waals surface area contributed by atoms with Crippen molar-refractivity contribution in [2.75, 3.05) is 0 Å². The molecule has 3 aliphatic rings. The van der Waals surface area contributed by atoms with Crippen molar-refractivity contribution in [1.82, 2.24) is 10.3 Å². The zero-order valence-electron chi connectivity index (χ0n) is 23.8. The van der Waals surface area contributed by atoms with Gasteiger partial charge in [-0.05, 0) is 100 Å². The van der Waals surface area contributed by atoms with Crippen LogP contribution in [0.25, 0.3) is 5.57 Å². The zero-order chi connectivity index (χ0) is 27.2. The van der Waals surface area contributed by atoms with E-state index in [1.165, 1.54) is 30.4 Å². The van der Waals surface area contributed by atoms with Crippen LogP contribution in [-0.4, -0.2) is 40.1 Å². The molecule has 0 radical (unpaired) electrons. The Hall–Kier alpha value is -2.41. The molecule has 4 rings (SSSR count). The average Bonchev–Trinajstić information content (AvgIpc) is 3.45. The molecule has 1 amide bonds. The molecule has 1 N–H and O–H groups in total. The molecule has 0 unspecified atom stereocenters. The Labute approximate surface area is 221 Å². The fraction of sp³-hybridized carbons (Fsp3) is 0.700. The Bertz CT molecular complexity index is 1080. The summed E-state index contributed by atoms with van der Waals surface area (Å²) in [5.74, 6) is -1.43. The lowest BCUT2D eigenvalue weighted by Gasteiger charge is -2.36. The van der Waals surface area contributed by atoms with Gasteiger partial charge in [-0.3, -0.25) is 4.98 Å². The van der Waals surface area contributed by atoms with Crippen LogP contribution in [0.1, 0.15) is 104 Å². The number of rotatable bonds is 7. The Balaban J connectivity index is 1.68. The first-order valence-corrected chi connectivity index (χ1v) is 13.7. The molecule has 1 saturated heterocycles. The third kappa shape index (κ3) is 6.36. The van der Waals surface area contributed by atoms with Gasteiger partial charge in [0.2, 0.25) is 5.79 Å². The molecule has 1 aromatic heterocycles. The lowest BCUT2D eigenvalue weighted by molar-refractivity contribution is -0.170. The van der Waals surface area contributed by atoms with Crippen LogP contribution in [0.15, 0.2) is 18.3 Å². The maximum atomic E-state index is 13.6. The summed E-state index contributed by atoms with van der Waals surface area (Å²) < 4.78 is 17.6. The van der Waals surface area contributed by atoms with Crippen molar-refractivity contribution in [3.05, 3.63) is 35.2 Å². The number of pyridine rings is 1. The van der Waals surface area contributed by atoms with E-state index in [0.29, 0.717) is 11.8 Å². The Kier molecular flexibility index (Phi) is 7.25. The number of carbonyl (C=O) groups is 2. The number of nitrogens with one attached hydrogen (secondary N) is 1. The number of amides is 1. The van der Waals surface area contributed by atoms with Crippen LogP contribution in [0.5, 0.6) is 0 Å². The van der Waals surface area contributed by atoms with E-state index < -0.39 is 35.1 Å². The summed E-state index contributed by atoms with van der Waals surface area (Å²) in [7, 11) is 0. The second kappa shape index (κ2) is 9.72. The van der Waals surface area contributed by atoms with Crippen LogP contribution in [0.3, 0.4) is 0 Å². The van der Waals surface area contributed by atoms with Gasteiger partial charge in [0.05, 0.1) is 6.04 Å². The molecule has 1 aromatic rings. The number of hydrogen-bond donors (Lipinski definition) is 1. The van der Waals surface area contributed by atoms with Gasteiger partial charge in [-0.1, -0.05) is 19.9 Å². The summed E-state index contributed by atoms with van der Waals surface area (Å²) in [6.07, 6.45) is 10.5. The van der Waals surface area contributed by atoms with E-state index in [1.807, 2.05) is 40.8 Å². The maximum Gasteiger partial charge on any atom is 0.407 e. The van der Waals surface area contributed by atoms with E-state index in [0.717, 1.165) is 24.1 Å². The molecule has 1 spiro atoms. The zero-order valence-corrected chi connectivity index (χ0v) is 23.8. The van der Waals surface area contributed by atoms with Gasteiger partial charge < -0.3 is 19.5 Å². The summed E-state index contributed by atoms with van der Waals surface area (Å²) in [5.41, 5.74) is 2.86. The lowest BCUT2D eigenvalue weighted by atomic mass is 9.81. The highest BCUT2D eigenvalue weighted by atomic mass is 16.8. The van der Waals surface area contributed by atoms with Crippen molar-refractivity contribution < 1.29 is 23.8 Å². The van der Waals surface area contributed by atoms with Gasteiger partial charge in [-0.15, -0.1) is 0 Å². The molecular formula is C30H44N2O5. The first kappa shape index (κ1) is 27.6. The molecule has 0 bridgehead atoms. The smallest absolute Gasteiger partial charge is 0.407 e. The van der Waals surface area contributed by atoms with Crippen molar-refractivity contribution >= 4 is 17.6 Å². The summed E-state index contributed by atoms with van der Waals surface area (Å²) in [5, 5.41) is 2.96. The number of aromatic nitrogens is 1. The Morgan fingerprint density at radius 1 is 1.22 bits per heavy atom. The van der Waals surface area contributed by atoms with Crippen LogP contribution in [0, 0.1) is 18.3 Å². The van der Waals surface area contributed by atoms with E-state index in [9.17, 15) is 9.59 Å². The third-order valence-corrected chi connectivity index (χ3v) is 7.69. The normalized spacial score (nSPS) is 25.0. The highest BCUT2D eigenvalue weighted by Crippen LogP contribution is 2.56. The third-order valence-electron chi connectivity index (χ3n) is 7.69. The highest BCUT2D eigenvalue weighted by Gasteiger charge is 2.59. The topological polar surface area (TPSA) is 86.8 Å². The van der Waals surface area contributed by atoms with Gasteiger partial charge in [0.1, 0.15) is 5.60 Å². The molecule has 2 atom stereocenters. The average molecular weight is 513 g/mol. The molecule has 2 heterocycles. The van der Waals surface area contributed by atoms with Crippen LogP contribution >= 0.6 is 0 Å². The first-order valence-electron chi connectivity index (χ1n) is 13.7. The van der Waals surface area contributed by atoms with Crippen LogP contribution < -0.4 is 5.32 Å². The largest absolute Gasteiger partial charge is 0.444 e. The summed E-state index contributed by atoms with van der Waals surface area (Å²) in [6, 6.07) is 1.43. The van der Waals surface area contributed by atoms with E-state index >= 15 is 0 Å². The van der Waals surface area contributed by atoms with Gasteiger partial charge in [0.25, 0.3) is 0 Å². The standard InChI is InChI=1S/C30H44N2O5/c1-19(2)15-24(32-26(34)36-27(4,5)6)30(25(33)35-28(7,8)37-30)17-22-16-23(20(3)18-31-22)21-9-11-29(12-10-21)13-14-29/h9,16,18-19,24H,10-15,17H2,1-8H3,(H,32,34)/t24-,30+/m0/s1. The van der Waals surface area contributed by atoms with Gasteiger partial charge in [-0.2, -0.15) is 0 Å². The molecule has 37 heavy (non-hydrogen) atoms. The summed E-state index contributed by atoms with van der Waals surface area (Å²) >= 11 is 0.